The molecule has 0 aromatic heterocycles. The largest absolute Gasteiger partial charge is 0.497 e. The number of methoxy groups -OCH3 is 5. The van der Waals surface area contributed by atoms with Gasteiger partial charge in [-0.25, -0.2) is 0 Å². The van der Waals surface area contributed by atoms with Gasteiger partial charge in [0.15, 0.2) is 23.0 Å². The second kappa shape index (κ2) is 13.4. The summed E-state index contributed by atoms with van der Waals surface area (Å²) < 4.78 is 33.5. The SMILES string of the molecule is COc1ccc(/C=C/C[C@H]2C[C@@H]([C@@H](O)c3ccc(OC)c(OC)c3)CO[C@@H]2c2ccc(OC)c(OC)c2)cc1. The maximum atomic E-state index is 11.4. The van der Waals surface area contributed by atoms with Crippen LogP contribution in [0.2, 0.25) is 0 Å². The van der Waals surface area contributed by atoms with E-state index in [0.717, 1.165) is 35.3 Å². The molecule has 0 saturated carbocycles. The summed E-state index contributed by atoms with van der Waals surface area (Å²) in [5.74, 6) is 3.43. The summed E-state index contributed by atoms with van der Waals surface area (Å²) >= 11 is 0. The molecule has 1 fully saturated rings. The molecule has 1 N–H and O–H groups in total. The molecular weight excluding hydrogens is 496 g/mol. The zero-order valence-electron chi connectivity index (χ0n) is 23.3. The minimum absolute atomic E-state index is 0.0844. The molecule has 7 heteroatoms. The fourth-order valence-corrected chi connectivity index (χ4v) is 5.18. The van der Waals surface area contributed by atoms with Crippen LogP contribution in [0, 0.1) is 11.8 Å². The van der Waals surface area contributed by atoms with Crippen LogP contribution in [0.4, 0.5) is 0 Å². The van der Waals surface area contributed by atoms with Gasteiger partial charge in [-0.2, -0.15) is 0 Å². The molecular formula is C32H38O7. The van der Waals surface area contributed by atoms with Gasteiger partial charge in [0.2, 0.25) is 0 Å². The second-order valence-corrected chi connectivity index (χ2v) is 9.59. The lowest BCUT2D eigenvalue weighted by molar-refractivity contribution is -0.0901. The lowest BCUT2D eigenvalue weighted by Crippen LogP contribution is -2.32. The Labute approximate surface area is 230 Å². The van der Waals surface area contributed by atoms with Gasteiger partial charge >= 0.3 is 0 Å². The lowest BCUT2D eigenvalue weighted by atomic mass is 9.79. The van der Waals surface area contributed by atoms with E-state index >= 15 is 0 Å². The van der Waals surface area contributed by atoms with Crippen molar-refractivity contribution < 1.29 is 33.5 Å². The van der Waals surface area contributed by atoms with Crippen molar-refractivity contribution in [2.24, 2.45) is 11.8 Å². The van der Waals surface area contributed by atoms with E-state index < -0.39 is 6.10 Å². The normalized spacial score (nSPS) is 19.9. The van der Waals surface area contributed by atoms with Crippen LogP contribution in [0.3, 0.4) is 0 Å². The van der Waals surface area contributed by atoms with Crippen LogP contribution in [0.5, 0.6) is 28.7 Å². The van der Waals surface area contributed by atoms with Crippen molar-refractivity contribution in [3.05, 3.63) is 83.4 Å². The Balaban J connectivity index is 1.57. The molecule has 0 bridgehead atoms. The summed E-state index contributed by atoms with van der Waals surface area (Å²) in [6, 6.07) is 19.4. The van der Waals surface area contributed by atoms with Crippen LogP contribution in [0.1, 0.15) is 41.7 Å². The second-order valence-electron chi connectivity index (χ2n) is 9.59. The third kappa shape index (κ3) is 6.67. The average molecular weight is 535 g/mol. The minimum Gasteiger partial charge on any atom is -0.497 e. The maximum absolute atomic E-state index is 11.4. The van der Waals surface area contributed by atoms with E-state index in [2.05, 4.69) is 12.2 Å². The van der Waals surface area contributed by atoms with Gasteiger partial charge in [-0.05, 0) is 71.8 Å². The van der Waals surface area contributed by atoms with Crippen LogP contribution in [-0.4, -0.2) is 47.3 Å². The summed E-state index contributed by atoms with van der Waals surface area (Å²) in [4.78, 5) is 0. The van der Waals surface area contributed by atoms with Crippen LogP contribution >= 0.6 is 0 Å². The quantitative estimate of drug-likeness (QED) is 0.311. The van der Waals surface area contributed by atoms with Crippen LogP contribution in [-0.2, 0) is 4.74 Å². The molecule has 1 saturated heterocycles. The van der Waals surface area contributed by atoms with E-state index in [4.69, 9.17) is 28.4 Å². The van der Waals surface area contributed by atoms with Crippen molar-refractivity contribution in [2.75, 3.05) is 42.2 Å². The van der Waals surface area contributed by atoms with Crippen molar-refractivity contribution in [1.29, 1.82) is 0 Å². The first-order valence-corrected chi connectivity index (χ1v) is 13.0. The van der Waals surface area contributed by atoms with E-state index in [1.54, 1.807) is 35.5 Å². The van der Waals surface area contributed by atoms with Crippen molar-refractivity contribution in [3.63, 3.8) is 0 Å². The molecule has 7 nitrogen and oxygen atoms in total. The number of allylic oxidation sites excluding steroid dienone is 1. The third-order valence-corrected chi connectivity index (χ3v) is 7.32. The first-order chi connectivity index (χ1) is 19.0. The average Bonchev–Trinajstić information content (AvgIpc) is 3.00. The topological polar surface area (TPSA) is 75.6 Å². The van der Waals surface area contributed by atoms with Gasteiger partial charge in [0.25, 0.3) is 0 Å². The molecule has 3 aromatic carbocycles. The summed E-state index contributed by atoms with van der Waals surface area (Å²) in [7, 11) is 8.11. The highest BCUT2D eigenvalue weighted by molar-refractivity contribution is 5.50. The van der Waals surface area contributed by atoms with E-state index in [0.29, 0.717) is 29.6 Å². The minimum atomic E-state index is -0.704. The predicted octanol–water partition coefficient (Wildman–Crippen LogP) is 6.26. The number of rotatable bonds is 11. The van der Waals surface area contributed by atoms with Gasteiger partial charge in [-0.3, -0.25) is 0 Å². The summed E-state index contributed by atoms with van der Waals surface area (Å²) in [5.41, 5.74) is 2.89. The van der Waals surface area contributed by atoms with Gasteiger partial charge in [0.1, 0.15) is 5.75 Å². The molecule has 0 unspecified atom stereocenters. The van der Waals surface area contributed by atoms with Crippen LogP contribution in [0.25, 0.3) is 6.08 Å². The van der Waals surface area contributed by atoms with Crippen molar-refractivity contribution >= 4 is 6.08 Å². The number of hydrogen-bond donors (Lipinski definition) is 1. The summed E-state index contributed by atoms with van der Waals surface area (Å²) in [6.07, 6.45) is 4.99. The zero-order valence-corrected chi connectivity index (χ0v) is 23.3. The molecule has 0 spiro atoms. The highest BCUT2D eigenvalue weighted by atomic mass is 16.5. The van der Waals surface area contributed by atoms with Gasteiger partial charge in [-0.1, -0.05) is 36.4 Å². The molecule has 0 amide bonds. The lowest BCUT2D eigenvalue weighted by Gasteiger charge is -2.38. The van der Waals surface area contributed by atoms with E-state index in [1.807, 2.05) is 60.7 Å². The summed E-state index contributed by atoms with van der Waals surface area (Å²) in [6.45, 7) is 0.424. The Hall–Kier alpha value is -3.68. The Morgan fingerprint density at radius 3 is 2.08 bits per heavy atom. The first-order valence-electron chi connectivity index (χ1n) is 13.0. The fourth-order valence-electron chi connectivity index (χ4n) is 5.18. The zero-order chi connectivity index (χ0) is 27.8. The first kappa shape index (κ1) is 28.3. The molecule has 4 rings (SSSR count). The highest BCUT2D eigenvalue weighted by Crippen LogP contribution is 2.44. The van der Waals surface area contributed by atoms with Crippen molar-refractivity contribution in [1.82, 2.24) is 0 Å². The number of aliphatic hydroxyl groups is 1. The van der Waals surface area contributed by atoms with Crippen LogP contribution in [0.15, 0.2) is 66.7 Å². The van der Waals surface area contributed by atoms with Gasteiger partial charge in [0, 0.05) is 5.92 Å². The Morgan fingerprint density at radius 1 is 0.795 bits per heavy atom. The smallest absolute Gasteiger partial charge is 0.161 e. The molecule has 1 aliphatic rings. The standard InChI is InChI=1S/C32H38O7/c1-34-26-13-9-21(10-14-26)7-6-8-23-17-25(31(33)22-11-15-27(35-2)29(18-22)37-4)20-39-32(23)24-12-16-28(36-3)30(19-24)38-5/h6-7,9-16,18-19,23,25,31-33H,8,17,20H2,1-5H3/b7-6+/t23-,25+,31-,32-/m0/s1. The number of benzene rings is 3. The van der Waals surface area contributed by atoms with E-state index in [9.17, 15) is 5.11 Å². The number of hydrogen-bond acceptors (Lipinski definition) is 7. The monoisotopic (exact) mass is 534 g/mol. The van der Waals surface area contributed by atoms with Gasteiger partial charge < -0.3 is 33.5 Å². The third-order valence-electron chi connectivity index (χ3n) is 7.32. The summed E-state index contributed by atoms with van der Waals surface area (Å²) in [5, 5.41) is 11.4. The van der Waals surface area contributed by atoms with E-state index in [1.165, 1.54) is 0 Å². The molecule has 1 aliphatic heterocycles. The van der Waals surface area contributed by atoms with Crippen molar-refractivity contribution in [3.8, 4) is 28.7 Å². The molecule has 4 atom stereocenters. The maximum Gasteiger partial charge on any atom is 0.161 e. The molecule has 0 aliphatic carbocycles. The molecule has 1 heterocycles. The Morgan fingerprint density at radius 2 is 1.44 bits per heavy atom. The predicted molar refractivity (Wildman–Crippen MR) is 151 cm³/mol. The van der Waals surface area contributed by atoms with Crippen molar-refractivity contribution in [2.45, 2.75) is 25.0 Å². The van der Waals surface area contributed by atoms with Gasteiger partial charge in [-0.15, -0.1) is 0 Å². The van der Waals surface area contributed by atoms with Gasteiger partial charge in [0.05, 0.1) is 54.4 Å². The molecule has 3 aromatic rings. The molecule has 39 heavy (non-hydrogen) atoms. The van der Waals surface area contributed by atoms with E-state index in [-0.39, 0.29) is 17.9 Å². The Kier molecular flexibility index (Phi) is 9.74. The molecule has 0 radical (unpaired) electrons. The Bertz CT molecular complexity index is 1240. The molecule has 208 valence electrons. The van der Waals surface area contributed by atoms with Crippen LogP contribution < -0.4 is 23.7 Å². The highest BCUT2D eigenvalue weighted by Gasteiger charge is 2.36. The number of aliphatic hydroxyl groups excluding tert-OH is 1. The fraction of sp³-hybridized carbons (Fsp3) is 0.375. The number of ether oxygens (including phenoxy) is 6.